The minimum Gasteiger partial charge on any atom is -0.348 e. The van der Waals surface area contributed by atoms with Gasteiger partial charge in [0.1, 0.15) is 0 Å². The van der Waals surface area contributed by atoms with Crippen LogP contribution in [0.3, 0.4) is 0 Å². The van der Waals surface area contributed by atoms with Crippen molar-refractivity contribution in [3.8, 4) is 0 Å². The number of rotatable bonds is 4. The number of aryl methyl sites for hydroxylation is 1. The normalized spacial score (nSPS) is 11.9. The molecule has 96 valence electrons. The van der Waals surface area contributed by atoms with Crippen molar-refractivity contribution < 1.29 is 18.0 Å². The van der Waals surface area contributed by atoms with Crippen molar-refractivity contribution in [3.05, 3.63) is 23.0 Å². The van der Waals surface area contributed by atoms with Gasteiger partial charge in [-0.15, -0.1) is 11.6 Å². The Morgan fingerprint density at radius 1 is 1.41 bits per heavy atom. The third-order valence-electron chi connectivity index (χ3n) is 2.61. The Balaban J connectivity index is 2.94. The quantitative estimate of drug-likeness (QED) is 0.605. The second-order valence-corrected chi connectivity index (χ2v) is 4.13. The summed E-state index contributed by atoms with van der Waals surface area (Å²) < 4.78 is 37.9. The van der Waals surface area contributed by atoms with E-state index in [9.17, 15) is 18.0 Å². The smallest absolute Gasteiger partial charge is 0.348 e. The number of Topliss-reactive ketones (excluding diaryl/α,β-unsaturated/α-hetero) is 1. The van der Waals surface area contributed by atoms with Gasteiger partial charge in [0.2, 0.25) is 0 Å². The van der Waals surface area contributed by atoms with Crippen molar-refractivity contribution in [3.63, 3.8) is 0 Å². The number of hydrogen-bond donors (Lipinski definition) is 0. The van der Waals surface area contributed by atoms with Gasteiger partial charge in [-0.25, -0.2) is 0 Å². The lowest BCUT2D eigenvalue weighted by molar-refractivity contribution is -0.136. The second kappa shape index (κ2) is 5.12. The molecule has 1 aromatic heterocycles. The van der Waals surface area contributed by atoms with E-state index in [1.54, 1.807) is 19.9 Å². The van der Waals surface area contributed by atoms with E-state index in [4.69, 9.17) is 11.6 Å². The standard InChI is InChI=1S/C11H13ClF3NO/c1-7-5-9(10(17)6-12)8(2)16(7)4-3-11(13,14)15/h5H,3-4,6H2,1-2H3. The SMILES string of the molecule is Cc1cc(C(=O)CCl)c(C)n1CCC(F)(F)F. The molecule has 0 aromatic carbocycles. The third-order valence-corrected chi connectivity index (χ3v) is 2.86. The zero-order valence-corrected chi connectivity index (χ0v) is 10.3. The van der Waals surface area contributed by atoms with Crippen molar-refractivity contribution >= 4 is 17.4 Å². The largest absolute Gasteiger partial charge is 0.390 e. The monoisotopic (exact) mass is 267 g/mol. The number of alkyl halides is 4. The van der Waals surface area contributed by atoms with Crippen LogP contribution >= 0.6 is 11.6 Å². The molecule has 0 unspecified atom stereocenters. The van der Waals surface area contributed by atoms with Crippen LogP contribution < -0.4 is 0 Å². The molecule has 17 heavy (non-hydrogen) atoms. The molecule has 0 aliphatic heterocycles. The molecule has 1 rings (SSSR count). The van der Waals surface area contributed by atoms with Gasteiger partial charge in [0.15, 0.2) is 5.78 Å². The van der Waals surface area contributed by atoms with Crippen LogP contribution in [0.25, 0.3) is 0 Å². The summed E-state index contributed by atoms with van der Waals surface area (Å²) in [5.74, 6) is -0.429. The van der Waals surface area contributed by atoms with Crippen LogP contribution in [0.4, 0.5) is 13.2 Å². The van der Waals surface area contributed by atoms with Crippen LogP contribution in [0, 0.1) is 13.8 Å². The number of aromatic nitrogens is 1. The fourth-order valence-electron chi connectivity index (χ4n) is 1.74. The molecule has 0 saturated heterocycles. The molecular formula is C11H13ClF3NO. The van der Waals surface area contributed by atoms with E-state index in [0.717, 1.165) is 0 Å². The Morgan fingerprint density at radius 3 is 2.47 bits per heavy atom. The number of nitrogens with zero attached hydrogens (tertiary/aromatic N) is 1. The maximum Gasteiger partial charge on any atom is 0.390 e. The molecular weight excluding hydrogens is 255 g/mol. The molecule has 0 spiro atoms. The zero-order valence-electron chi connectivity index (χ0n) is 9.57. The molecule has 0 amide bonds. The molecule has 1 heterocycles. The summed E-state index contributed by atoms with van der Waals surface area (Å²) in [5, 5.41) is 0. The molecule has 0 fully saturated rings. The molecule has 0 N–H and O–H groups in total. The zero-order chi connectivity index (χ0) is 13.2. The van der Waals surface area contributed by atoms with E-state index in [2.05, 4.69) is 0 Å². The van der Waals surface area contributed by atoms with Crippen molar-refractivity contribution in [1.82, 2.24) is 4.57 Å². The van der Waals surface area contributed by atoms with Gasteiger partial charge in [-0.1, -0.05) is 0 Å². The summed E-state index contributed by atoms with van der Waals surface area (Å²) in [6.07, 6.45) is -5.10. The number of halogens is 4. The highest BCUT2D eigenvalue weighted by molar-refractivity contribution is 6.30. The van der Waals surface area contributed by atoms with Gasteiger partial charge in [-0.3, -0.25) is 4.79 Å². The summed E-state index contributed by atoms with van der Waals surface area (Å²) >= 11 is 5.43. The van der Waals surface area contributed by atoms with Crippen LogP contribution in [0.15, 0.2) is 6.07 Å². The summed E-state index contributed by atoms with van der Waals surface area (Å²) in [7, 11) is 0. The Morgan fingerprint density at radius 2 is 2.00 bits per heavy atom. The van der Waals surface area contributed by atoms with E-state index < -0.39 is 12.6 Å². The van der Waals surface area contributed by atoms with Gasteiger partial charge in [-0.05, 0) is 19.9 Å². The first-order valence-electron chi connectivity index (χ1n) is 5.09. The summed E-state index contributed by atoms with van der Waals surface area (Å²) in [6, 6.07) is 1.58. The topological polar surface area (TPSA) is 22.0 Å². The predicted octanol–water partition coefficient (Wildman–Crippen LogP) is 3.48. The average Bonchev–Trinajstić information content (AvgIpc) is 2.49. The van der Waals surface area contributed by atoms with E-state index >= 15 is 0 Å². The third kappa shape index (κ3) is 3.49. The van der Waals surface area contributed by atoms with Gasteiger partial charge >= 0.3 is 6.18 Å². The first-order chi connectivity index (χ1) is 7.76. The lowest BCUT2D eigenvalue weighted by Crippen LogP contribution is -2.14. The first-order valence-corrected chi connectivity index (χ1v) is 5.62. The van der Waals surface area contributed by atoms with Crippen LogP contribution in [-0.2, 0) is 6.54 Å². The Labute approximate surface area is 102 Å². The summed E-state index contributed by atoms with van der Waals surface area (Å²) in [4.78, 5) is 11.4. The van der Waals surface area contributed by atoms with Gasteiger partial charge in [-0.2, -0.15) is 13.2 Å². The van der Waals surface area contributed by atoms with Crippen LogP contribution in [0.2, 0.25) is 0 Å². The van der Waals surface area contributed by atoms with E-state index in [0.29, 0.717) is 17.0 Å². The van der Waals surface area contributed by atoms with Crippen LogP contribution in [0.1, 0.15) is 28.2 Å². The second-order valence-electron chi connectivity index (χ2n) is 3.86. The molecule has 0 radical (unpaired) electrons. The molecule has 0 aliphatic rings. The number of carbonyl (C=O) groups is 1. The average molecular weight is 268 g/mol. The van der Waals surface area contributed by atoms with Gasteiger partial charge in [0, 0.05) is 23.5 Å². The van der Waals surface area contributed by atoms with Gasteiger partial charge in [0.05, 0.1) is 12.3 Å². The fraction of sp³-hybridized carbons (Fsp3) is 0.545. The number of hydrogen-bond acceptors (Lipinski definition) is 1. The summed E-state index contributed by atoms with van der Waals surface area (Å²) in [6.45, 7) is 3.13. The van der Waals surface area contributed by atoms with Crippen molar-refractivity contribution in [2.24, 2.45) is 0 Å². The van der Waals surface area contributed by atoms with Crippen LogP contribution in [-0.4, -0.2) is 22.4 Å². The lowest BCUT2D eigenvalue weighted by atomic mass is 10.2. The van der Waals surface area contributed by atoms with E-state index in [-0.39, 0.29) is 18.2 Å². The maximum absolute atomic E-state index is 12.1. The first kappa shape index (κ1) is 14.1. The molecule has 0 saturated carbocycles. The van der Waals surface area contributed by atoms with Crippen molar-refractivity contribution in [2.45, 2.75) is 33.0 Å². The molecule has 6 heteroatoms. The van der Waals surface area contributed by atoms with E-state index in [1.807, 2.05) is 0 Å². The highest BCUT2D eigenvalue weighted by atomic mass is 35.5. The van der Waals surface area contributed by atoms with Gasteiger partial charge < -0.3 is 4.57 Å². The Hall–Kier alpha value is -0.970. The predicted molar refractivity (Wildman–Crippen MR) is 59.6 cm³/mol. The molecule has 1 aromatic rings. The number of ketones is 1. The molecule has 0 bridgehead atoms. The highest BCUT2D eigenvalue weighted by Crippen LogP contribution is 2.23. The lowest BCUT2D eigenvalue weighted by Gasteiger charge is -2.11. The van der Waals surface area contributed by atoms with Crippen molar-refractivity contribution in [1.29, 1.82) is 0 Å². The number of carbonyl (C=O) groups excluding carboxylic acids is 1. The van der Waals surface area contributed by atoms with Gasteiger partial charge in [0.25, 0.3) is 0 Å². The van der Waals surface area contributed by atoms with Crippen LogP contribution in [0.5, 0.6) is 0 Å². The molecule has 0 atom stereocenters. The molecule has 0 aliphatic carbocycles. The maximum atomic E-state index is 12.1. The Bertz CT molecular complexity index is 423. The minimum atomic E-state index is -4.19. The minimum absolute atomic E-state index is 0.163. The highest BCUT2D eigenvalue weighted by Gasteiger charge is 2.27. The Kier molecular flexibility index (Phi) is 4.25. The van der Waals surface area contributed by atoms with Crippen molar-refractivity contribution in [2.75, 3.05) is 5.88 Å². The molecule has 2 nitrogen and oxygen atoms in total. The fourth-order valence-corrected chi connectivity index (χ4v) is 1.88. The summed E-state index contributed by atoms with van der Waals surface area (Å²) in [5.41, 5.74) is 1.58. The van der Waals surface area contributed by atoms with E-state index in [1.165, 1.54) is 4.57 Å².